The Kier molecular flexibility index (Phi) is 8.82. The van der Waals surface area contributed by atoms with Crippen LogP contribution >= 0.6 is 0 Å². The van der Waals surface area contributed by atoms with Gasteiger partial charge in [0.05, 0.1) is 11.1 Å². The normalized spacial score (nSPS) is 14.1. The molecule has 1 nitrogen and oxygen atoms in total. The molecule has 12 aromatic carbocycles. The van der Waals surface area contributed by atoms with E-state index in [1.807, 2.05) is 0 Å². The van der Waals surface area contributed by atoms with Crippen LogP contribution < -0.4 is 4.90 Å². The summed E-state index contributed by atoms with van der Waals surface area (Å²) < 4.78 is 0. The minimum absolute atomic E-state index is 0.616. The van der Waals surface area contributed by atoms with Gasteiger partial charge in [0, 0.05) is 16.9 Å². The van der Waals surface area contributed by atoms with Gasteiger partial charge in [-0.25, -0.2) is 0 Å². The molecule has 1 aliphatic carbocycles. The number of hydrogen-bond donors (Lipinski definition) is 0. The van der Waals surface area contributed by atoms with Gasteiger partial charge in [-0.3, -0.25) is 0 Å². The van der Waals surface area contributed by atoms with E-state index in [-0.39, 0.29) is 0 Å². The van der Waals surface area contributed by atoms with Gasteiger partial charge in [-0.1, -0.05) is 224 Å². The quantitative estimate of drug-likeness (QED) is 0.155. The fraction of sp³-hybridized carbons (Fsp3) is 0.0154. The van der Waals surface area contributed by atoms with E-state index in [4.69, 9.17) is 0 Å². The number of rotatable bonds is 7. The maximum Gasteiger partial charge on any atom is 0.0720 e. The third-order valence-electron chi connectivity index (χ3n) is 14.1. The Bertz CT molecular complexity index is 3690. The molecule has 0 saturated heterocycles. The summed E-state index contributed by atoms with van der Waals surface area (Å²) in [6.45, 7) is 0. The van der Waals surface area contributed by atoms with Gasteiger partial charge in [-0.15, -0.1) is 0 Å². The van der Waals surface area contributed by atoms with Gasteiger partial charge in [-0.2, -0.15) is 0 Å². The molecule has 0 saturated carbocycles. The summed E-state index contributed by atoms with van der Waals surface area (Å²) in [7, 11) is 0. The zero-order valence-corrected chi connectivity index (χ0v) is 36.3. The highest BCUT2D eigenvalue weighted by Crippen LogP contribution is 2.60. The van der Waals surface area contributed by atoms with Crippen molar-refractivity contribution in [2.24, 2.45) is 0 Å². The van der Waals surface area contributed by atoms with Crippen LogP contribution in [0.2, 0.25) is 0 Å². The van der Waals surface area contributed by atoms with Crippen LogP contribution in [-0.2, 0) is 5.41 Å². The molecule has 0 bridgehead atoms. The van der Waals surface area contributed by atoms with Gasteiger partial charge in [0.15, 0.2) is 0 Å². The van der Waals surface area contributed by atoms with E-state index >= 15 is 0 Å². The third kappa shape index (κ3) is 5.87. The number of hydrogen-bond acceptors (Lipinski definition) is 1. The summed E-state index contributed by atoms with van der Waals surface area (Å²) in [4.78, 5) is 2.48. The van der Waals surface area contributed by atoms with Crippen molar-refractivity contribution < 1.29 is 0 Å². The highest BCUT2D eigenvalue weighted by atomic mass is 15.1. The van der Waals surface area contributed by atoms with E-state index in [1.54, 1.807) is 0 Å². The van der Waals surface area contributed by atoms with Crippen LogP contribution in [0, 0.1) is 0 Å². The Labute approximate surface area is 385 Å². The molecule has 0 aromatic heterocycles. The van der Waals surface area contributed by atoms with Crippen LogP contribution in [0.1, 0.15) is 22.3 Å². The van der Waals surface area contributed by atoms with Crippen molar-refractivity contribution >= 4 is 60.2 Å². The van der Waals surface area contributed by atoms with Gasteiger partial charge in [0.25, 0.3) is 0 Å². The van der Waals surface area contributed by atoms with Crippen LogP contribution in [0.4, 0.5) is 17.1 Å². The lowest BCUT2D eigenvalue weighted by Crippen LogP contribution is -2.29. The number of benzene rings is 12. The second-order valence-electron chi connectivity index (χ2n) is 17.6. The maximum absolute atomic E-state index is 2.48. The monoisotopic (exact) mass is 837 g/mol. The summed E-state index contributed by atoms with van der Waals surface area (Å²) in [6.07, 6.45) is 0. The lowest BCUT2D eigenvalue weighted by atomic mass is 9.66. The molecular formula is C65H43N. The smallest absolute Gasteiger partial charge is 0.0720 e. The molecule has 13 rings (SSSR count). The van der Waals surface area contributed by atoms with Crippen molar-refractivity contribution in [1.29, 1.82) is 0 Å². The Morgan fingerprint density at radius 3 is 1.35 bits per heavy atom. The number of nitrogens with zero attached hydrogens (tertiary/aromatic N) is 1. The summed E-state index contributed by atoms with van der Waals surface area (Å²) in [5, 5.41) is 9.95. The van der Waals surface area contributed by atoms with Crippen molar-refractivity contribution in [3.63, 3.8) is 0 Å². The Morgan fingerprint density at radius 2 is 0.712 bits per heavy atom. The second kappa shape index (κ2) is 15.3. The van der Waals surface area contributed by atoms with E-state index in [0.717, 1.165) is 17.1 Å². The molecule has 0 amide bonds. The summed E-state index contributed by atoms with van der Waals surface area (Å²) >= 11 is 0. The summed E-state index contributed by atoms with van der Waals surface area (Å²) in [6, 6.07) is 96.7. The second-order valence-corrected chi connectivity index (χ2v) is 17.6. The molecule has 308 valence electrons. The van der Waals surface area contributed by atoms with E-state index < -0.39 is 5.41 Å². The van der Waals surface area contributed by atoms with Crippen LogP contribution in [0.5, 0.6) is 0 Å². The zero-order valence-electron chi connectivity index (χ0n) is 36.3. The van der Waals surface area contributed by atoms with Crippen molar-refractivity contribution in [2.75, 3.05) is 4.90 Å². The topological polar surface area (TPSA) is 3.24 Å². The fourth-order valence-electron chi connectivity index (χ4n) is 11.2. The van der Waals surface area contributed by atoms with E-state index in [0.29, 0.717) is 0 Å². The Hall–Kier alpha value is -8.52. The highest BCUT2D eigenvalue weighted by Gasteiger charge is 2.48. The van der Waals surface area contributed by atoms with E-state index in [9.17, 15) is 0 Å². The van der Waals surface area contributed by atoms with Gasteiger partial charge in [0.1, 0.15) is 0 Å². The zero-order chi connectivity index (χ0) is 43.6. The van der Waals surface area contributed by atoms with Gasteiger partial charge >= 0.3 is 0 Å². The van der Waals surface area contributed by atoms with Gasteiger partial charge in [0.2, 0.25) is 0 Å². The lowest BCUT2D eigenvalue weighted by molar-refractivity contribution is 0.778. The van der Waals surface area contributed by atoms with E-state index in [1.165, 1.54) is 98.7 Å². The summed E-state index contributed by atoms with van der Waals surface area (Å²) in [5.74, 6) is 0. The van der Waals surface area contributed by atoms with Crippen LogP contribution in [0.25, 0.3) is 76.5 Å². The molecule has 0 spiro atoms. The Balaban J connectivity index is 1.07. The molecule has 1 atom stereocenters. The first-order valence-electron chi connectivity index (χ1n) is 22.9. The van der Waals surface area contributed by atoms with Crippen molar-refractivity contribution in [1.82, 2.24) is 0 Å². The molecule has 0 heterocycles. The number of fused-ring (bicyclic) bond motifs is 7. The van der Waals surface area contributed by atoms with Crippen LogP contribution in [0.3, 0.4) is 0 Å². The van der Waals surface area contributed by atoms with Crippen molar-refractivity contribution in [2.45, 2.75) is 5.41 Å². The molecule has 1 heteroatoms. The predicted molar refractivity (Wildman–Crippen MR) is 279 cm³/mol. The standard InChI is InChI=1S/C65H43N/c1-2-19-50-43-51(38-33-44(50)15-1)65(60-30-13-22-47-18-5-8-25-58(47)60)61-29-10-9-26-59(61)64-62(65)31-14-32-63(64)66(52-39-34-48(35-40-52)56-27-11-20-45-16-3-6-23-54(45)56)53-41-36-49(37-42-53)57-28-12-21-46-17-4-7-24-55(46)57/h1-43H. The SMILES string of the molecule is c1ccc2c(c1)-c1c(N(c3ccc(-c4cccc5ccccc45)cc3)c3ccc(-c4cccc5ccccc45)cc3)cccc1C2(c1ccc2ccccc2c1)c1cccc2ccccc12. The largest absolute Gasteiger partial charge is 0.310 e. The molecule has 0 fully saturated rings. The molecule has 0 radical (unpaired) electrons. The molecule has 1 unspecified atom stereocenters. The lowest BCUT2D eigenvalue weighted by Gasteiger charge is -2.35. The van der Waals surface area contributed by atoms with Gasteiger partial charge in [-0.05, 0) is 130 Å². The van der Waals surface area contributed by atoms with Gasteiger partial charge < -0.3 is 4.90 Å². The molecule has 0 aliphatic heterocycles. The molecular weight excluding hydrogens is 795 g/mol. The minimum atomic E-state index is -0.616. The highest BCUT2D eigenvalue weighted by molar-refractivity contribution is 6.02. The maximum atomic E-state index is 2.48. The third-order valence-corrected chi connectivity index (χ3v) is 14.1. The Morgan fingerprint density at radius 1 is 0.273 bits per heavy atom. The molecule has 1 aliphatic rings. The molecule has 66 heavy (non-hydrogen) atoms. The first-order valence-corrected chi connectivity index (χ1v) is 22.9. The van der Waals surface area contributed by atoms with E-state index in [2.05, 4.69) is 266 Å². The summed E-state index contributed by atoms with van der Waals surface area (Å²) in [5.41, 5.74) is 15.1. The fourth-order valence-corrected chi connectivity index (χ4v) is 11.2. The van der Waals surface area contributed by atoms with Crippen molar-refractivity contribution in [3.8, 4) is 33.4 Å². The average Bonchev–Trinajstić information content (AvgIpc) is 3.70. The van der Waals surface area contributed by atoms with Crippen molar-refractivity contribution in [3.05, 3.63) is 283 Å². The number of anilines is 3. The first-order chi connectivity index (χ1) is 32.7. The van der Waals surface area contributed by atoms with Crippen LogP contribution in [0.15, 0.2) is 261 Å². The minimum Gasteiger partial charge on any atom is -0.310 e. The molecule has 12 aromatic rings. The average molecular weight is 838 g/mol. The molecule has 0 N–H and O–H groups in total. The predicted octanol–water partition coefficient (Wildman–Crippen LogP) is 17.5. The first kappa shape index (κ1) is 38.0. The van der Waals surface area contributed by atoms with Crippen LogP contribution in [-0.4, -0.2) is 0 Å².